The van der Waals surface area contributed by atoms with Crippen LogP contribution in [0.5, 0.6) is 0 Å². The van der Waals surface area contributed by atoms with Crippen LogP contribution in [0.15, 0.2) is 189 Å². The van der Waals surface area contributed by atoms with Gasteiger partial charge in [-0.3, -0.25) is 5.41 Å². The van der Waals surface area contributed by atoms with Gasteiger partial charge in [-0.15, -0.1) is 22.7 Å². The van der Waals surface area contributed by atoms with Gasteiger partial charge in [0.1, 0.15) is 22.3 Å². The van der Waals surface area contributed by atoms with Crippen LogP contribution in [-0.2, 0) is 6.42 Å². The number of nitrogens with one attached hydrogen (secondary N) is 1. The summed E-state index contributed by atoms with van der Waals surface area (Å²) in [4.78, 5) is 11.3. The van der Waals surface area contributed by atoms with Crippen molar-refractivity contribution in [3.05, 3.63) is 197 Å². The lowest BCUT2D eigenvalue weighted by molar-refractivity contribution is 0.668. The Morgan fingerprint density at radius 3 is 2.18 bits per heavy atom. The number of allylic oxidation sites excluding steroid dienone is 1. The van der Waals surface area contributed by atoms with Crippen molar-refractivity contribution in [3.8, 4) is 22.3 Å². The summed E-state index contributed by atoms with van der Waals surface area (Å²) >= 11 is 3.77. The number of thiophene rings is 2. The highest BCUT2D eigenvalue weighted by atomic mass is 32.1. The number of benzene rings is 8. The molecule has 0 aliphatic carbocycles. The van der Waals surface area contributed by atoms with E-state index in [9.17, 15) is 0 Å². The van der Waals surface area contributed by atoms with E-state index in [0.29, 0.717) is 11.4 Å². The third kappa shape index (κ3) is 6.62. The van der Waals surface area contributed by atoms with Gasteiger partial charge in [0, 0.05) is 74.2 Å². The van der Waals surface area contributed by atoms with Gasteiger partial charge in [0.25, 0.3) is 0 Å². The molecule has 0 radical (unpaired) electrons. The van der Waals surface area contributed by atoms with Gasteiger partial charge in [-0.1, -0.05) is 134 Å². The Balaban J connectivity index is 0.964. The van der Waals surface area contributed by atoms with Gasteiger partial charge in [-0.05, 0) is 95.1 Å². The number of amidine groups is 2. The van der Waals surface area contributed by atoms with E-state index < -0.39 is 0 Å². The Morgan fingerprint density at radius 1 is 0.569 bits per heavy atom. The Bertz CT molecular complexity index is 3970. The Morgan fingerprint density at radius 2 is 1.29 bits per heavy atom. The van der Waals surface area contributed by atoms with Gasteiger partial charge < -0.3 is 8.83 Å². The second-order valence-electron chi connectivity index (χ2n) is 16.2. The molecule has 0 spiro atoms. The fourth-order valence-electron chi connectivity index (χ4n) is 9.32. The number of aryl methyl sites for hydroxylation is 1. The Hall–Kier alpha value is -7.71. The van der Waals surface area contributed by atoms with Crippen molar-refractivity contribution in [1.29, 1.82) is 5.41 Å². The minimum absolute atomic E-state index is 0.120. The van der Waals surface area contributed by atoms with E-state index in [1.165, 1.54) is 57.4 Å². The lowest BCUT2D eigenvalue weighted by Gasteiger charge is -2.07. The first kappa shape index (κ1) is 38.9. The van der Waals surface area contributed by atoms with E-state index in [-0.39, 0.29) is 5.84 Å². The average molecular weight is 874 g/mol. The van der Waals surface area contributed by atoms with Crippen molar-refractivity contribution in [3.63, 3.8) is 0 Å². The topological polar surface area (TPSA) is 74.8 Å². The summed E-state index contributed by atoms with van der Waals surface area (Å²) in [6.45, 7) is 4.34. The molecule has 0 atom stereocenters. The summed E-state index contributed by atoms with van der Waals surface area (Å²) in [7, 11) is 0. The maximum atomic E-state index is 8.97. The van der Waals surface area contributed by atoms with Crippen molar-refractivity contribution in [2.45, 2.75) is 20.3 Å². The van der Waals surface area contributed by atoms with Crippen LogP contribution in [-0.4, -0.2) is 17.9 Å². The summed E-state index contributed by atoms with van der Waals surface area (Å²) in [6.07, 6.45) is 7.26. The number of fused-ring (bicyclic) bond motifs is 10. The van der Waals surface area contributed by atoms with E-state index >= 15 is 0 Å². The summed E-state index contributed by atoms with van der Waals surface area (Å²) in [6, 6.07) is 56.5. The molecule has 0 amide bonds. The molecule has 0 saturated heterocycles. The zero-order valence-corrected chi connectivity index (χ0v) is 37.2. The van der Waals surface area contributed by atoms with Crippen LogP contribution >= 0.6 is 22.7 Å². The molecule has 0 saturated carbocycles. The third-order valence-corrected chi connectivity index (χ3v) is 14.9. The van der Waals surface area contributed by atoms with E-state index in [2.05, 4.69) is 111 Å². The molecule has 7 heteroatoms. The molecule has 1 N–H and O–H groups in total. The molecule has 0 aliphatic rings. The molecule has 8 aromatic carbocycles. The van der Waals surface area contributed by atoms with Crippen LogP contribution in [0.2, 0.25) is 0 Å². The van der Waals surface area contributed by atoms with Crippen LogP contribution < -0.4 is 0 Å². The summed E-state index contributed by atoms with van der Waals surface area (Å²) in [5.41, 5.74) is 11.6. The fraction of sp³-hybridized carbons (Fsp3) is 0.0517. The SMILES string of the molecule is C/C=C\c1c(CC)sc2cc(-c3cccc4c3sc3cccc(-c5ccc6oc7cccc(C=NC(=NC(=N)c8ccccc8)c8ccc9c(c8)oc8ccccc89)c7c6c5)c34)ccc12. The summed E-state index contributed by atoms with van der Waals surface area (Å²) in [5, 5.41) is 16.9. The van der Waals surface area contributed by atoms with Gasteiger partial charge in [-0.2, -0.15) is 0 Å². The number of hydrogen-bond donors (Lipinski definition) is 1. The minimum Gasteiger partial charge on any atom is -0.456 e. The van der Waals surface area contributed by atoms with Crippen LogP contribution in [0.3, 0.4) is 0 Å². The van der Waals surface area contributed by atoms with Crippen molar-refractivity contribution < 1.29 is 8.83 Å². The molecule has 0 aliphatic heterocycles. The molecule has 65 heavy (non-hydrogen) atoms. The lowest BCUT2D eigenvalue weighted by atomic mass is 9.96. The molecular weight excluding hydrogens is 835 g/mol. The number of para-hydroxylation sites is 1. The van der Waals surface area contributed by atoms with Crippen LogP contribution in [0.25, 0.3) is 102 Å². The average Bonchev–Trinajstić information content (AvgIpc) is 4.12. The van der Waals surface area contributed by atoms with Crippen molar-refractivity contribution >= 4 is 121 Å². The molecule has 0 bridgehead atoms. The smallest absolute Gasteiger partial charge is 0.161 e. The molecule has 12 rings (SSSR count). The van der Waals surface area contributed by atoms with Crippen molar-refractivity contribution in [1.82, 2.24) is 0 Å². The van der Waals surface area contributed by atoms with Crippen LogP contribution in [0, 0.1) is 5.41 Å². The normalized spacial score (nSPS) is 12.6. The maximum absolute atomic E-state index is 8.97. The zero-order chi connectivity index (χ0) is 43.6. The number of aliphatic imine (C=N–C) groups is 2. The molecule has 4 aromatic heterocycles. The predicted octanol–water partition coefficient (Wildman–Crippen LogP) is 16.9. The first-order chi connectivity index (χ1) is 32.0. The second-order valence-corrected chi connectivity index (χ2v) is 18.4. The number of hydrogen-bond acceptors (Lipinski definition) is 5. The quantitative estimate of drug-likeness (QED) is 0.128. The molecule has 310 valence electrons. The molecule has 12 aromatic rings. The molecule has 4 heterocycles. The predicted molar refractivity (Wildman–Crippen MR) is 278 cm³/mol. The van der Waals surface area contributed by atoms with Crippen molar-refractivity contribution in [2.75, 3.05) is 0 Å². The molecular formula is C58H39N3O2S2. The molecule has 0 fully saturated rings. The van der Waals surface area contributed by atoms with Gasteiger partial charge >= 0.3 is 0 Å². The van der Waals surface area contributed by atoms with Crippen LogP contribution in [0.4, 0.5) is 0 Å². The lowest BCUT2D eigenvalue weighted by Crippen LogP contribution is -2.04. The van der Waals surface area contributed by atoms with E-state index in [1.54, 1.807) is 0 Å². The van der Waals surface area contributed by atoms with Crippen molar-refractivity contribution in [2.24, 2.45) is 9.98 Å². The largest absolute Gasteiger partial charge is 0.456 e. The summed E-state index contributed by atoms with van der Waals surface area (Å²) < 4.78 is 16.6. The Labute approximate surface area is 382 Å². The van der Waals surface area contributed by atoms with E-state index in [0.717, 1.165) is 67.0 Å². The number of nitrogens with zero attached hydrogens (tertiary/aromatic N) is 2. The summed E-state index contributed by atoms with van der Waals surface area (Å²) in [5.74, 6) is 0.524. The van der Waals surface area contributed by atoms with Crippen LogP contribution in [0.1, 0.15) is 41.0 Å². The number of rotatable bonds is 7. The first-order valence-corrected chi connectivity index (χ1v) is 23.4. The standard InChI is InChI=1S/C58H39N3O2S2/c1-3-13-43-44-28-24-36(32-53(44)64-51(43)4-2)40-19-11-20-45-55-39(18-12-23-52(55)65-56(40)45)35-26-29-48-46(30-35)54-38(16-10-22-49(54)62-48)33-60-58(61-57(59)34-14-6-5-7-15-34)37-25-27-42-41-17-8-9-21-47(41)63-50(42)31-37/h3,5-33,59H,4H2,1-2H3/b13-3-,59-57?,60-33?,61-58?. The van der Waals surface area contributed by atoms with E-state index in [1.807, 2.05) is 108 Å². The van der Waals surface area contributed by atoms with E-state index in [4.69, 9.17) is 24.2 Å². The highest BCUT2D eigenvalue weighted by molar-refractivity contribution is 7.26. The third-order valence-electron chi connectivity index (χ3n) is 12.4. The van der Waals surface area contributed by atoms with Gasteiger partial charge in [0.2, 0.25) is 0 Å². The minimum atomic E-state index is 0.120. The highest BCUT2D eigenvalue weighted by Gasteiger charge is 2.19. The molecule has 5 nitrogen and oxygen atoms in total. The zero-order valence-electron chi connectivity index (χ0n) is 35.6. The maximum Gasteiger partial charge on any atom is 0.161 e. The second kappa shape index (κ2) is 15.8. The van der Waals surface area contributed by atoms with Gasteiger partial charge in [-0.25, -0.2) is 9.98 Å². The molecule has 0 unspecified atom stereocenters. The fourth-order valence-corrected chi connectivity index (χ4v) is 11.8. The van der Waals surface area contributed by atoms with Gasteiger partial charge in [0.05, 0.1) is 0 Å². The van der Waals surface area contributed by atoms with Gasteiger partial charge in [0.15, 0.2) is 11.7 Å². The number of furan rings is 2. The monoisotopic (exact) mass is 873 g/mol. The highest BCUT2D eigenvalue weighted by Crippen LogP contribution is 2.46. The first-order valence-electron chi connectivity index (χ1n) is 21.8. The Kier molecular flexibility index (Phi) is 9.47.